The summed E-state index contributed by atoms with van der Waals surface area (Å²) in [7, 11) is 0. The van der Waals surface area contributed by atoms with E-state index < -0.39 is 5.72 Å². The maximum Gasteiger partial charge on any atom is 0.178 e. The van der Waals surface area contributed by atoms with Crippen LogP contribution in [0.3, 0.4) is 0 Å². The topological polar surface area (TPSA) is 49.3 Å². The van der Waals surface area contributed by atoms with Crippen molar-refractivity contribution in [2.45, 2.75) is 17.5 Å². The molecule has 0 radical (unpaired) electrons. The summed E-state index contributed by atoms with van der Waals surface area (Å²) in [5.41, 5.74) is -1.57. The van der Waals surface area contributed by atoms with Crippen LogP contribution in [0.1, 0.15) is 6.92 Å². The van der Waals surface area contributed by atoms with Crippen LogP contribution in [0.15, 0.2) is 29.2 Å². The number of halogens is 1. The Bertz CT molecular complexity index is 313. The standard InChI is InChI=1S/C9H10FNO2S/c1-9(13,6-12)11-14-8-4-2-7(10)3-5-8/h2-6,11,13H,1H3. The first-order chi connectivity index (χ1) is 6.53. The van der Waals surface area contributed by atoms with Crippen molar-refractivity contribution >= 4 is 18.2 Å². The van der Waals surface area contributed by atoms with Gasteiger partial charge in [0.1, 0.15) is 5.82 Å². The maximum atomic E-state index is 12.5. The van der Waals surface area contributed by atoms with Crippen LogP contribution >= 0.6 is 11.9 Å². The van der Waals surface area contributed by atoms with E-state index in [4.69, 9.17) is 0 Å². The molecule has 1 aromatic rings. The molecular formula is C9H10FNO2S. The van der Waals surface area contributed by atoms with E-state index in [1.165, 1.54) is 19.1 Å². The van der Waals surface area contributed by atoms with Crippen LogP contribution < -0.4 is 4.72 Å². The quantitative estimate of drug-likeness (QED) is 0.452. The molecule has 0 saturated heterocycles. The number of carbonyl (C=O) groups excluding carboxylic acids is 1. The summed E-state index contributed by atoms with van der Waals surface area (Å²) in [6.07, 6.45) is 0.392. The van der Waals surface area contributed by atoms with E-state index in [1.807, 2.05) is 0 Å². The Balaban J connectivity index is 2.54. The SMILES string of the molecule is CC(O)(C=O)NSc1ccc(F)cc1. The lowest BCUT2D eigenvalue weighted by molar-refractivity contribution is -0.123. The van der Waals surface area contributed by atoms with Gasteiger partial charge in [-0.05, 0) is 43.1 Å². The molecule has 5 heteroatoms. The molecule has 1 aromatic carbocycles. The van der Waals surface area contributed by atoms with Crippen molar-refractivity contribution in [1.82, 2.24) is 4.72 Å². The molecular weight excluding hydrogens is 205 g/mol. The Kier molecular flexibility index (Phi) is 3.62. The minimum Gasteiger partial charge on any atom is -0.369 e. The lowest BCUT2D eigenvalue weighted by Crippen LogP contribution is -2.39. The molecule has 0 aromatic heterocycles. The van der Waals surface area contributed by atoms with Gasteiger partial charge in [0.15, 0.2) is 12.0 Å². The minimum absolute atomic E-state index is 0.323. The number of rotatable bonds is 4. The Morgan fingerprint density at radius 3 is 2.57 bits per heavy atom. The number of benzene rings is 1. The van der Waals surface area contributed by atoms with Crippen LogP contribution in [0.25, 0.3) is 0 Å². The summed E-state index contributed by atoms with van der Waals surface area (Å²) >= 11 is 1.06. The second kappa shape index (κ2) is 4.54. The van der Waals surface area contributed by atoms with Gasteiger partial charge in [0.25, 0.3) is 0 Å². The number of nitrogens with one attached hydrogen (secondary N) is 1. The lowest BCUT2D eigenvalue weighted by Gasteiger charge is -2.16. The number of aldehydes is 1. The molecule has 1 unspecified atom stereocenters. The second-order valence-corrected chi connectivity index (χ2v) is 3.80. The number of hydrogen-bond donors (Lipinski definition) is 2. The van der Waals surface area contributed by atoms with Gasteiger partial charge in [0.2, 0.25) is 0 Å². The van der Waals surface area contributed by atoms with Crippen LogP contribution in [-0.4, -0.2) is 17.1 Å². The lowest BCUT2D eigenvalue weighted by atomic mass is 10.3. The predicted molar refractivity (Wildman–Crippen MR) is 52.1 cm³/mol. The van der Waals surface area contributed by atoms with Crippen LogP contribution in [0.2, 0.25) is 0 Å². The molecule has 0 spiro atoms. The molecule has 0 amide bonds. The zero-order chi connectivity index (χ0) is 10.6. The average molecular weight is 215 g/mol. The van der Waals surface area contributed by atoms with E-state index in [-0.39, 0.29) is 5.82 Å². The first-order valence-electron chi connectivity index (χ1n) is 3.92. The van der Waals surface area contributed by atoms with Gasteiger partial charge in [0, 0.05) is 4.90 Å². The van der Waals surface area contributed by atoms with Crippen molar-refractivity contribution in [3.8, 4) is 0 Å². The summed E-state index contributed by atoms with van der Waals surface area (Å²) in [6, 6.07) is 5.71. The fraction of sp³-hybridized carbons (Fsp3) is 0.222. The molecule has 0 heterocycles. The van der Waals surface area contributed by atoms with Crippen LogP contribution in [0.4, 0.5) is 4.39 Å². The molecule has 0 aliphatic carbocycles. The highest BCUT2D eigenvalue weighted by Gasteiger charge is 2.17. The smallest absolute Gasteiger partial charge is 0.178 e. The van der Waals surface area contributed by atoms with Crippen LogP contribution in [0.5, 0.6) is 0 Å². The highest BCUT2D eigenvalue weighted by atomic mass is 32.2. The summed E-state index contributed by atoms with van der Waals surface area (Å²) in [6.45, 7) is 1.33. The van der Waals surface area contributed by atoms with Crippen molar-refractivity contribution in [3.63, 3.8) is 0 Å². The molecule has 0 fully saturated rings. The van der Waals surface area contributed by atoms with E-state index in [1.54, 1.807) is 12.1 Å². The van der Waals surface area contributed by atoms with Gasteiger partial charge in [0.05, 0.1) is 0 Å². The largest absolute Gasteiger partial charge is 0.369 e. The normalized spacial score (nSPS) is 14.8. The monoisotopic (exact) mass is 215 g/mol. The summed E-state index contributed by atoms with van der Waals surface area (Å²) in [4.78, 5) is 11.0. The molecule has 0 saturated carbocycles. The fourth-order valence-corrected chi connectivity index (χ4v) is 1.33. The van der Waals surface area contributed by atoms with Gasteiger partial charge >= 0.3 is 0 Å². The maximum absolute atomic E-state index is 12.5. The zero-order valence-electron chi connectivity index (χ0n) is 7.53. The molecule has 0 bridgehead atoms. The van der Waals surface area contributed by atoms with E-state index in [2.05, 4.69) is 4.72 Å². The third-order valence-corrected chi connectivity index (χ3v) is 2.44. The zero-order valence-corrected chi connectivity index (χ0v) is 8.34. The molecule has 0 aliphatic rings. The molecule has 3 nitrogen and oxygen atoms in total. The van der Waals surface area contributed by atoms with Crippen molar-refractivity contribution in [3.05, 3.63) is 30.1 Å². The van der Waals surface area contributed by atoms with Gasteiger partial charge in [-0.25, -0.2) is 9.11 Å². The fourth-order valence-electron chi connectivity index (χ4n) is 0.689. The number of hydrogen-bond acceptors (Lipinski definition) is 4. The van der Waals surface area contributed by atoms with E-state index >= 15 is 0 Å². The van der Waals surface area contributed by atoms with Crippen molar-refractivity contribution in [2.24, 2.45) is 0 Å². The summed E-state index contributed by atoms with van der Waals surface area (Å²) in [5.74, 6) is -0.323. The van der Waals surface area contributed by atoms with Crippen molar-refractivity contribution in [1.29, 1.82) is 0 Å². The summed E-state index contributed by atoms with van der Waals surface area (Å²) < 4.78 is 15.0. The Hall–Kier alpha value is -0.910. The Morgan fingerprint density at radius 2 is 2.07 bits per heavy atom. The van der Waals surface area contributed by atoms with Crippen LogP contribution in [0, 0.1) is 5.82 Å². The van der Waals surface area contributed by atoms with Gasteiger partial charge in [-0.2, -0.15) is 0 Å². The molecule has 14 heavy (non-hydrogen) atoms. The second-order valence-electron chi connectivity index (χ2n) is 2.92. The van der Waals surface area contributed by atoms with E-state index in [9.17, 15) is 14.3 Å². The third kappa shape index (κ3) is 3.45. The van der Waals surface area contributed by atoms with Crippen molar-refractivity contribution < 1.29 is 14.3 Å². The number of carbonyl (C=O) groups is 1. The van der Waals surface area contributed by atoms with Gasteiger partial charge < -0.3 is 5.11 Å². The first kappa shape index (κ1) is 11.2. The average Bonchev–Trinajstić information content (AvgIpc) is 2.17. The molecule has 1 atom stereocenters. The van der Waals surface area contributed by atoms with Gasteiger partial charge in [-0.15, -0.1) is 0 Å². The highest BCUT2D eigenvalue weighted by Crippen LogP contribution is 2.16. The van der Waals surface area contributed by atoms with Gasteiger partial charge in [-0.3, -0.25) is 4.79 Å². The van der Waals surface area contributed by atoms with Crippen LogP contribution in [-0.2, 0) is 4.79 Å². The Morgan fingerprint density at radius 1 is 1.50 bits per heavy atom. The highest BCUT2D eigenvalue weighted by molar-refractivity contribution is 7.97. The molecule has 1 rings (SSSR count). The van der Waals surface area contributed by atoms with E-state index in [0.717, 1.165) is 11.9 Å². The van der Waals surface area contributed by atoms with Gasteiger partial charge in [-0.1, -0.05) is 0 Å². The first-order valence-corrected chi connectivity index (χ1v) is 4.73. The molecule has 76 valence electrons. The third-order valence-electron chi connectivity index (χ3n) is 1.42. The molecule has 2 N–H and O–H groups in total. The predicted octanol–water partition coefficient (Wildman–Crippen LogP) is 1.33. The van der Waals surface area contributed by atoms with Crippen molar-refractivity contribution in [2.75, 3.05) is 0 Å². The Labute approximate surface area is 85.5 Å². The van der Waals surface area contributed by atoms with E-state index in [0.29, 0.717) is 11.2 Å². The minimum atomic E-state index is -1.57. The molecule has 0 aliphatic heterocycles. The number of aliphatic hydroxyl groups is 1. The summed E-state index contributed by atoms with van der Waals surface area (Å²) in [5, 5.41) is 9.27.